The number of ether oxygens (including phenoxy) is 1. The molecule has 0 bridgehead atoms. The molecule has 2 aliphatic rings. The van der Waals surface area contributed by atoms with Crippen LogP contribution in [0.1, 0.15) is 43.6 Å². The summed E-state index contributed by atoms with van der Waals surface area (Å²) in [6.45, 7) is 6.72. The molecule has 136 valence electrons. The lowest BCUT2D eigenvalue weighted by Crippen LogP contribution is -2.66. The van der Waals surface area contributed by atoms with Crippen LogP contribution in [0.15, 0.2) is 18.6 Å². The molecule has 7 nitrogen and oxygen atoms in total. The van der Waals surface area contributed by atoms with Gasteiger partial charge >= 0.3 is 0 Å². The third kappa shape index (κ3) is 4.34. The highest BCUT2D eigenvalue weighted by molar-refractivity contribution is 5.91. The smallest absolute Gasteiger partial charge is 0.271 e. The number of hydrogen-bond acceptors (Lipinski definition) is 5. The molecule has 1 spiro atoms. The quantitative estimate of drug-likeness (QED) is 0.868. The first-order valence-corrected chi connectivity index (χ1v) is 8.93. The van der Waals surface area contributed by atoms with Crippen LogP contribution in [0.2, 0.25) is 0 Å². The van der Waals surface area contributed by atoms with Crippen molar-refractivity contribution in [2.45, 2.75) is 38.7 Å². The van der Waals surface area contributed by atoms with Crippen molar-refractivity contribution in [3.05, 3.63) is 24.3 Å². The summed E-state index contributed by atoms with van der Waals surface area (Å²) in [6.07, 6.45) is 7.04. The van der Waals surface area contributed by atoms with E-state index < -0.39 is 0 Å². The zero-order chi connectivity index (χ0) is 17.9. The Balaban J connectivity index is 1.38. The van der Waals surface area contributed by atoms with Crippen molar-refractivity contribution in [3.63, 3.8) is 0 Å². The summed E-state index contributed by atoms with van der Waals surface area (Å²) in [6, 6.07) is 0. The standard InChI is InChI=1S/C18H26N4O3/c1-13(2)7-16(23)22-11-18(12-22)4-3-14(10-25-18)8-21-17(24)15-9-19-5-6-20-15/h5-6,9,13-14H,3-4,7-8,10-12H2,1-2H3,(H,21,24)/t14-/m0/s1. The third-order valence-electron chi connectivity index (χ3n) is 4.87. The molecule has 25 heavy (non-hydrogen) atoms. The van der Waals surface area contributed by atoms with Crippen LogP contribution in [0, 0.1) is 11.8 Å². The summed E-state index contributed by atoms with van der Waals surface area (Å²) in [5.74, 6) is 0.704. The van der Waals surface area contributed by atoms with Crippen molar-refractivity contribution in [1.29, 1.82) is 0 Å². The Morgan fingerprint density at radius 2 is 2.20 bits per heavy atom. The SMILES string of the molecule is CC(C)CC(=O)N1CC2(CC[C@@H](CNC(=O)c3cnccn3)CO2)C1. The molecule has 3 rings (SSSR count). The van der Waals surface area contributed by atoms with E-state index in [4.69, 9.17) is 4.74 Å². The topological polar surface area (TPSA) is 84.4 Å². The number of nitrogens with one attached hydrogen (secondary N) is 1. The van der Waals surface area contributed by atoms with Crippen LogP contribution < -0.4 is 5.32 Å². The molecule has 0 unspecified atom stereocenters. The van der Waals surface area contributed by atoms with Crippen molar-refractivity contribution < 1.29 is 14.3 Å². The molecule has 7 heteroatoms. The fourth-order valence-electron chi connectivity index (χ4n) is 3.38. The second-order valence-corrected chi connectivity index (χ2v) is 7.55. The molecule has 1 aromatic rings. The van der Waals surface area contributed by atoms with Gasteiger partial charge in [0.15, 0.2) is 0 Å². The minimum absolute atomic E-state index is 0.155. The lowest BCUT2D eigenvalue weighted by molar-refractivity contribution is -0.188. The van der Waals surface area contributed by atoms with Gasteiger partial charge < -0.3 is 15.0 Å². The predicted molar refractivity (Wildman–Crippen MR) is 91.8 cm³/mol. The fourth-order valence-corrected chi connectivity index (χ4v) is 3.38. The molecule has 1 atom stereocenters. The summed E-state index contributed by atoms with van der Waals surface area (Å²) in [5.41, 5.74) is 0.173. The first-order chi connectivity index (χ1) is 12.0. The van der Waals surface area contributed by atoms with Gasteiger partial charge in [-0.05, 0) is 24.7 Å². The van der Waals surface area contributed by atoms with Gasteiger partial charge in [0.1, 0.15) is 11.3 Å². The van der Waals surface area contributed by atoms with E-state index >= 15 is 0 Å². The lowest BCUT2D eigenvalue weighted by Gasteiger charge is -2.53. The average molecular weight is 346 g/mol. The highest BCUT2D eigenvalue weighted by Gasteiger charge is 2.48. The average Bonchev–Trinajstić information content (AvgIpc) is 2.58. The largest absolute Gasteiger partial charge is 0.371 e. The number of likely N-dealkylation sites (tertiary alicyclic amines) is 1. The van der Waals surface area contributed by atoms with Crippen LogP contribution in [0.4, 0.5) is 0 Å². The number of aromatic nitrogens is 2. The number of nitrogens with zero attached hydrogens (tertiary/aromatic N) is 3. The van der Waals surface area contributed by atoms with Gasteiger partial charge in [0.25, 0.3) is 5.91 Å². The monoisotopic (exact) mass is 346 g/mol. The molecule has 2 fully saturated rings. The van der Waals surface area contributed by atoms with Crippen molar-refractivity contribution in [3.8, 4) is 0 Å². The Morgan fingerprint density at radius 3 is 2.80 bits per heavy atom. The van der Waals surface area contributed by atoms with E-state index in [0.29, 0.717) is 50.2 Å². The molecule has 1 N–H and O–H groups in total. The highest BCUT2D eigenvalue weighted by Crippen LogP contribution is 2.36. The Morgan fingerprint density at radius 1 is 1.40 bits per heavy atom. The van der Waals surface area contributed by atoms with Gasteiger partial charge in [-0.15, -0.1) is 0 Å². The third-order valence-corrected chi connectivity index (χ3v) is 4.87. The van der Waals surface area contributed by atoms with Crippen LogP contribution in [0.25, 0.3) is 0 Å². The number of carbonyl (C=O) groups is 2. The molecule has 2 saturated heterocycles. The first-order valence-electron chi connectivity index (χ1n) is 8.93. The zero-order valence-electron chi connectivity index (χ0n) is 14.9. The Hall–Kier alpha value is -2.02. The van der Waals surface area contributed by atoms with Crippen molar-refractivity contribution in [2.24, 2.45) is 11.8 Å². The van der Waals surface area contributed by atoms with Crippen molar-refractivity contribution in [1.82, 2.24) is 20.2 Å². The van der Waals surface area contributed by atoms with Crippen LogP contribution in [0.5, 0.6) is 0 Å². The first kappa shape index (κ1) is 17.8. The molecule has 2 aliphatic heterocycles. The van der Waals surface area contributed by atoms with E-state index in [1.165, 1.54) is 12.4 Å². The fraction of sp³-hybridized carbons (Fsp3) is 0.667. The van der Waals surface area contributed by atoms with E-state index in [1.807, 2.05) is 4.90 Å². The summed E-state index contributed by atoms with van der Waals surface area (Å²) >= 11 is 0. The van der Waals surface area contributed by atoms with Crippen LogP contribution in [0.3, 0.4) is 0 Å². The summed E-state index contributed by atoms with van der Waals surface area (Å²) < 4.78 is 6.06. The number of amides is 2. The normalized spacial score (nSPS) is 21.9. The second kappa shape index (κ2) is 7.47. The van der Waals surface area contributed by atoms with Gasteiger partial charge in [-0.3, -0.25) is 14.6 Å². The van der Waals surface area contributed by atoms with E-state index in [-0.39, 0.29) is 17.4 Å². The maximum absolute atomic E-state index is 12.1. The van der Waals surface area contributed by atoms with Crippen LogP contribution in [-0.4, -0.2) is 58.5 Å². The molecule has 1 aromatic heterocycles. The highest BCUT2D eigenvalue weighted by atomic mass is 16.5. The Bertz CT molecular complexity index is 604. The maximum Gasteiger partial charge on any atom is 0.271 e. The van der Waals surface area contributed by atoms with Crippen molar-refractivity contribution >= 4 is 11.8 Å². The van der Waals surface area contributed by atoms with Crippen LogP contribution in [-0.2, 0) is 9.53 Å². The van der Waals surface area contributed by atoms with Gasteiger partial charge in [0.05, 0.1) is 25.9 Å². The number of carbonyl (C=O) groups excluding carboxylic acids is 2. The molecule has 0 aromatic carbocycles. The maximum atomic E-state index is 12.1. The molecular weight excluding hydrogens is 320 g/mol. The summed E-state index contributed by atoms with van der Waals surface area (Å²) in [7, 11) is 0. The van der Waals surface area contributed by atoms with Gasteiger partial charge in [-0.1, -0.05) is 13.8 Å². The Labute approximate surface area is 148 Å². The minimum Gasteiger partial charge on any atom is -0.371 e. The molecule has 3 heterocycles. The zero-order valence-corrected chi connectivity index (χ0v) is 14.9. The molecule has 0 radical (unpaired) electrons. The number of hydrogen-bond donors (Lipinski definition) is 1. The minimum atomic E-state index is -0.206. The summed E-state index contributed by atoms with van der Waals surface area (Å²) in [4.78, 5) is 33.8. The predicted octanol–water partition coefficient (Wildman–Crippen LogP) is 1.26. The lowest BCUT2D eigenvalue weighted by atomic mass is 9.82. The van der Waals surface area contributed by atoms with E-state index in [1.54, 1.807) is 6.20 Å². The van der Waals surface area contributed by atoms with Gasteiger partial charge in [0.2, 0.25) is 5.91 Å². The number of rotatable bonds is 5. The molecule has 0 saturated carbocycles. The molecular formula is C18H26N4O3. The van der Waals surface area contributed by atoms with Gasteiger partial charge in [-0.25, -0.2) is 4.98 Å². The van der Waals surface area contributed by atoms with Crippen LogP contribution >= 0.6 is 0 Å². The van der Waals surface area contributed by atoms with E-state index in [0.717, 1.165) is 12.8 Å². The summed E-state index contributed by atoms with van der Waals surface area (Å²) in [5, 5.41) is 2.89. The second-order valence-electron chi connectivity index (χ2n) is 7.55. The van der Waals surface area contributed by atoms with Gasteiger partial charge in [-0.2, -0.15) is 0 Å². The van der Waals surface area contributed by atoms with Crippen molar-refractivity contribution in [2.75, 3.05) is 26.2 Å². The molecule has 2 amide bonds. The van der Waals surface area contributed by atoms with Gasteiger partial charge in [0, 0.05) is 25.4 Å². The van der Waals surface area contributed by atoms with E-state index in [9.17, 15) is 9.59 Å². The Kier molecular flexibility index (Phi) is 5.32. The molecule has 0 aliphatic carbocycles. The van der Waals surface area contributed by atoms with E-state index in [2.05, 4.69) is 29.1 Å².